The Morgan fingerprint density at radius 2 is 1.95 bits per heavy atom. The number of thiophene rings is 1. The molecule has 2 aromatic rings. The third-order valence-electron chi connectivity index (χ3n) is 3.63. The number of hydrogen-bond donors (Lipinski definition) is 1. The SMILES string of the molecule is Cc1ccc(S(=O)(=O)N2CC(c3cccs3)=CC(O)C2)cc1. The number of nitrogens with zero attached hydrogens (tertiary/aromatic N) is 1. The Labute approximate surface area is 134 Å². The van der Waals surface area contributed by atoms with E-state index in [9.17, 15) is 13.5 Å². The minimum absolute atomic E-state index is 0.0884. The fourth-order valence-electron chi connectivity index (χ4n) is 2.46. The van der Waals surface area contributed by atoms with Crippen LogP contribution in [0, 0.1) is 6.92 Å². The van der Waals surface area contributed by atoms with Gasteiger partial charge in [0.2, 0.25) is 10.0 Å². The Morgan fingerprint density at radius 3 is 2.59 bits per heavy atom. The van der Waals surface area contributed by atoms with Crippen LogP contribution >= 0.6 is 11.3 Å². The molecule has 6 heteroatoms. The number of benzene rings is 1. The first-order valence-corrected chi connectivity index (χ1v) is 9.28. The molecule has 116 valence electrons. The van der Waals surface area contributed by atoms with Gasteiger partial charge in [0.25, 0.3) is 0 Å². The first kappa shape index (κ1) is 15.4. The molecule has 1 N–H and O–H groups in total. The van der Waals surface area contributed by atoms with Crippen molar-refractivity contribution in [2.24, 2.45) is 0 Å². The molecular formula is C16H17NO3S2. The molecule has 0 aliphatic carbocycles. The number of aliphatic hydroxyl groups excluding tert-OH is 1. The fraction of sp³-hybridized carbons (Fsp3) is 0.250. The highest BCUT2D eigenvalue weighted by Gasteiger charge is 2.30. The van der Waals surface area contributed by atoms with Crippen LogP contribution in [0.2, 0.25) is 0 Å². The highest BCUT2D eigenvalue weighted by atomic mass is 32.2. The molecule has 0 saturated heterocycles. The van der Waals surface area contributed by atoms with Crippen LogP contribution < -0.4 is 0 Å². The highest BCUT2D eigenvalue weighted by molar-refractivity contribution is 7.89. The smallest absolute Gasteiger partial charge is 0.243 e. The van der Waals surface area contributed by atoms with Crippen molar-refractivity contribution in [2.45, 2.75) is 17.9 Å². The van der Waals surface area contributed by atoms with Crippen molar-refractivity contribution in [2.75, 3.05) is 13.1 Å². The van der Waals surface area contributed by atoms with Gasteiger partial charge in [0, 0.05) is 18.0 Å². The summed E-state index contributed by atoms with van der Waals surface area (Å²) in [7, 11) is -3.60. The zero-order valence-corrected chi connectivity index (χ0v) is 13.8. The van der Waals surface area contributed by atoms with Gasteiger partial charge < -0.3 is 5.11 Å². The Bertz CT molecular complexity index is 777. The predicted octanol–water partition coefficient (Wildman–Crippen LogP) is 2.51. The van der Waals surface area contributed by atoms with E-state index in [4.69, 9.17) is 0 Å². The molecule has 1 aromatic carbocycles. The highest BCUT2D eigenvalue weighted by Crippen LogP contribution is 2.28. The van der Waals surface area contributed by atoms with Crippen LogP contribution in [0.4, 0.5) is 0 Å². The Balaban J connectivity index is 1.92. The van der Waals surface area contributed by atoms with Gasteiger partial charge in [-0.2, -0.15) is 4.31 Å². The van der Waals surface area contributed by atoms with Crippen molar-refractivity contribution >= 4 is 26.9 Å². The standard InChI is InChI=1S/C16H17NO3S2/c1-12-4-6-15(7-5-12)22(19,20)17-10-13(9-14(18)11-17)16-3-2-8-21-16/h2-9,14,18H,10-11H2,1H3. The summed E-state index contributed by atoms with van der Waals surface area (Å²) < 4.78 is 26.8. The van der Waals surface area contributed by atoms with Crippen molar-refractivity contribution in [1.29, 1.82) is 0 Å². The summed E-state index contributed by atoms with van der Waals surface area (Å²) in [5.41, 5.74) is 1.86. The van der Waals surface area contributed by atoms with Crippen molar-refractivity contribution in [3.63, 3.8) is 0 Å². The van der Waals surface area contributed by atoms with E-state index in [2.05, 4.69) is 0 Å². The number of sulfonamides is 1. The second kappa shape index (κ2) is 5.96. The molecular weight excluding hydrogens is 318 g/mol. The van der Waals surface area contributed by atoms with E-state index in [0.29, 0.717) is 0 Å². The number of β-amino-alcohol motifs (C(OH)–C–C–N with tert-alkyl or cyclic N) is 1. The number of rotatable bonds is 3. The lowest BCUT2D eigenvalue weighted by Crippen LogP contribution is -2.41. The van der Waals surface area contributed by atoms with Gasteiger partial charge in [-0.25, -0.2) is 8.42 Å². The first-order chi connectivity index (χ1) is 10.5. The average Bonchev–Trinajstić information content (AvgIpc) is 3.01. The summed E-state index contributed by atoms with van der Waals surface area (Å²) in [5, 5.41) is 12.0. The molecule has 0 fully saturated rings. The maximum atomic E-state index is 12.8. The minimum atomic E-state index is -3.60. The second-order valence-corrected chi connectivity index (χ2v) is 8.23. The molecule has 1 unspecified atom stereocenters. The van der Waals surface area contributed by atoms with Crippen LogP contribution in [0.15, 0.2) is 52.7 Å². The van der Waals surface area contributed by atoms with Gasteiger partial charge in [0.05, 0.1) is 11.0 Å². The second-order valence-electron chi connectivity index (χ2n) is 5.35. The molecule has 0 radical (unpaired) electrons. The molecule has 0 saturated carbocycles. The summed E-state index contributed by atoms with van der Waals surface area (Å²) >= 11 is 1.54. The van der Waals surface area contributed by atoms with Crippen LogP contribution in [0.1, 0.15) is 10.4 Å². The lowest BCUT2D eigenvalue weighted by molar-refractivity contribution is 0.186. The van der Waals surface area contributed by atoms with Crippen LogP contribution in [0.25, 0.3) is 5.57 Å². The molecule has 2 heterocycles. The van der Waals surface area contributed by atoms with E-state index < -0.39 is 16.1 Å². The third-order valence-corrected chi connectivity index (χ3v) is 6.40. The zero-order valence-electron chi connectivity index (χ0n) is 12.1. The van der Waals surface area contributed by atoms with E-state index in [1.54, 1.807) is 41.7 Å². The molecule has 1 aromatic heterocycles. The molecule has 3 rings (SSSR count). The van der Waals surface area contributed by atoms with Crippen molar-refractivity contribution in [1.82, 2.24) is 4.31 Å². The summed E-state index contributed by atoms with van der Waals surface area (Å²) in [6, 6.07) is 10.6. The number of hydrogen-bond acceptors (Lipinski definition) is 4. The normalized spacial score (nSPS) is 19.9. The van der Waals surface area contributed by atoms with Crippen molar-refractivity contribution in [3.05, 3.63) is 58.3 Å². The van der Waals surface area contributed by atoms with Gasteiger partial charge in [-0.05, 0) is 42.2 Å². The maximum absolute atomic E-state index is 12.8. The van der Waals surface area contributed by atoms with Crippen LogP contribution in [-0.2, 0) is 10.0 Å². The monoisotopic (exact) mass is 335 g/mol. The predicted molar refractivity (Wildman–Crippen MR) is 88.2 cm³/mol. The molecule has 0 amide bonds. The van der Waals surface area contributed by atoms with E-state index in [-0.39, 0.29) is 18.0 Å². The van der Waals surface area contributed by atoms with E-state index in [0.717, 1.165) is 16.0 Å². The van der Waals surface area contributed by atoms with E-state index >= 15 is 0 Å². The molecule has 0 spiro atoms. The molecule has 1 aliphatic heterocycles. The summed E-state index contributed by atoms with van der Waals surface area (Å²) in [6.07, 6.45) is 0.957. The van der Waals surface area contributed by atoms with Crippen molar-refractivity contribution in [3.8, 4) is 0 Å². The summed E-state index contributed by atoms with van der Waals surface area (Å²) in [5.74, 6) is 0. The van der Waals surface area contributed by atoms with E-state index in [1.165, 1.54) is 4.31 Å². The third kappa shape index (κ3) is 3.01. The van der Waals surface area contributed by atoms with Crippen LogP contribution in [0.5, 0.6) is 0 Å². The zero-order chi connectivity index (χ0) is 15.7. The molecule has 22 heavy (non-hydrogen) atoms. The largest absolute Gasteiger partial charge is 0.388 e. The summed E-state index contributed by atoms with van der Waals surface area (Å²) in [6.45, 7) is 2.29. The van der Waals surface area contributed by atoms with E-state index in [1.807, 2.05) is 24.4 Å². The quantitative estimate of drug-likeness (QED) is 0.938. The van der Waals surface area contributed by atoms with Crippen molar-refractivity contribution < 1.29 is 13.5 Å². The van der Waals surface area contributed by atoms with Crippen LogP contribution in [-0.4, -0.2) is 37.0 Å². The molecule has 1 atom stereocenters. The topological polar surface area (TPSA) is 57.6 Å². The molecule has 4 nitrogen and oxygen atoms in total. The Hall–Kier alpha value is -1.47. The van der Waals surface area contributed by atoms with Gasteiger partial charge in [-0.15, -0.1) is 11.3 Å². The Morgan fingerprint density at radius 1 is 1.23 bits per heavy atom. The number of aryl methyl sites for hydroxylation is 1. The fourth-order valence-corrected chi connectivity index (χ4v) is 4.65. The lowest BCUT2D eigenvalue weighted by atomic mass is 10.1. The van der Waals surface area contributed by atoms with Gasteiger partial charge >= 0.3 is 0 Å². The molecule has 0 bridgehead atoms. The first-order valence-electron chi connectivity index (χ1n) is 6.96. The van der Waals surface area contributed by atoms with Gasteiger partial charge in [-0.3, -0.25) is 0 Å². The van der Waals surface area contributed by atoms with Gasteiger partial charge in [0.1, 0.15) is 0 Å². The number of aliphatic hydroxyl groups is 1. The Kier molecular flexibility index (Phi) is 4.18. The van der Waals surface area contributed by atoms with Gasteiger partial charge in [-0.1, -0.05) is 23.8 Å². The van der Waals surface area contributed by atoms with Gasteiger partial charge in [0.15, 0.2) is 0 Å². The molecule has 1 aliphatic rings. The summed E-state index contributed by atoms with van der Waals surface area (Å²) in [4.78, 5) is 1.25. The minimum Gasteiger partial charge on any atom is -0.388 e. The average molecular weight is 335 g/mol. The lowest BCUT2D eigenvalue weighted by Gasteiger charge is -2.29. The maximum Gasteiger partial charge on any atom is 0.243 e. The van der Waals surface area contributed by atoms with Crippen LogP contribution in [0.3, 0.4) is 0 Å².